The van der Waals surface area contributed by atoms with E-state index in [9.17, 15) is 4.79 Å². The van der Waals surface area contributed by atoms with E-state index in [2.05, 4.69) is 12.1 Å². The van der Waals surface area contributed by atoms with Crippen LogP contribution in [-0.4, -0.2) is 20.2 Å². The van der Waals surface area contributed by atoms with Crippen molar-refractivity contribution >= 4 is 5.97 Å². The van der Waals surface area contributed by atoms with Crippen LogP contribution in [0.2, 0.25) is 0 Å². The maximum absolute atomic E-state index is 11.6. The molecule has 0 amide bonds. The highest BCUT2D eigenvalue weighted by atomic mass is 16.5. The molecule has 0 heterocycles. The van der Waals surface area contributed by atoms with E-state index in [1.165, 1.54) is 12.7 Å². The predicted octanol–water partition coefficient (Wildman–Crippen LogP) is 2.29. The molecule has 0 saturated heterocycles. The molecule has 2 bridgehead atoms. The largest absolute Gasteiger partial charge is 0.497 e. The fourth-order valence-electron chi connectivity index (χ4n) is 3.47. The number of benzene rings is 1. The van der Waals surface area contributed by atoms with E-state index in [0.717, 1.165) is 25.0 Å². The maximum atomic E-state index is 11.6. The Morgan fingerprint density at radius 3 is 2.18 bits per heavy atom. The molecule has 90 valence electrons. The maximum Gasteiger partial charge on any atom is 0.311 e. The minimum absolute atomic E-state index is 0.0344. The third kappa shape index (κ3) is 1.25. The highest BCUT2D eigenvalue weighted by Crippen LogP contribution is 2.73. The Morgan fingerprint density at radius 1 is 1.12 bits per heavy atom. The smallest absolute Gasteiger partial charge is 0.311 e. The number of ether oxygens (including phenoxy) is 2. The van der Waals surface area contributed by atoms with E-state index < -0.39 is 0 Å². The van der Waals surface area contributed by atoms with Gasteiger partial charge in [-0.15, -0.1) is 0 Å². The molecule has 1 aromatic carbocycles. The fourth-order valence-corrected chi connectivity index (χ4v) is 3.47. The van der Waals surface area contributed by atoms with Crippen molar-refractivity contribution in [2.45, 2.75) is 24.7 Å². The zero-order valence-electron chi connectivity index (χ0n) is 10.2. The van der Waals surface area contributed by atoms with Crippen LogP contribution in [0, 0.1) is 5.41 Å². The van der Waals surface area contributed by atoms with E-state index in [1.54, 1.807) is 7.11 Å². The van der Waals surface area contributed by atoms with Crippen molar-refractivity contribution in [3.63, 3.8) is 0 Å². The number of carbonyl (C=O) groups excluding carboxylic acids is 1. The van der Waals surface area contributed by atoms with Crippen molar-refractivity contribution in [1.29, 1.82) is 0 Å². The third-order valence-electron chi connectivity index (χ3n) is 4.35. The second-order valence-corrected chi connectivity index (χ2v) is 5.31. The number of carbonyl (C=O) groups is 1. The Kier molecular flexibility index (Phi) is 2.03. The van der Waals surface area contributed by atoms with Crippen LogP contribution in [0.25, 0.3) is 0 Å². The van der Waals surface area contributed by atoms with Crippen molar-refractivity contribution in [3.8, 4) is 5.75 Å². The van der Waals surface area contributed by atoms with Crippen LogP contribution >= 0.6 is 0 Å². The fraction of sp³-hybridized carbons (Fsp3) is 0.500. The summed E-state index contributed by atoms with van der Waals surface area (Å²) in [6, 6.07) is 8.19. The highest BCUT2D eigenvalue weighted by Gasteiger charge is 2.72. The van der Waals surface area contributed by atoms with E-state index in [0.29, 0.717) is 0 Å². The average molecular weight is 232 g/mol. The molecule has 3 fully saturated rings. The van der Waals surface area contributed by atoms with Crippen LogP contribution in [-0.2, 0) is 14.9 Å². The summed E-state index contributed by atoms with van der Waals surface area (Å²) >= 11 is 0. The first kappa shape index (κ1) is 10.6. The van der Waals surface area contributed by atoms with Gasteiger partial charge >= 0.3 is 5.97 Å². The van der Waals surface area contributed by atoms with Gasteiger partial charge in [0, 0.05) is 0 Å². The van der Waals surface area contributed by atoms with Gasteiger partial charge in [-0.05, 0) is 42.4 Å². The lowest BCUT2D eigenvalue weighted by molar-refractivity contribution is -0.198. The molecule has 3 aliphatic carbocycles. The minimum atomic E-state index is -0.158. The topological polar surface area (TPSA) is 35.5 Å². The first-order valence-electron chi connectivity index (χ1n) is 5.87. The molecule has 3 heteroatoms. The van der Waals surface area contributed by atoms with Crippen molar-refractivity contribution in [2.75, 3.05) is 14.2 Å². The SMILES string of the molecule is COC(=O)C12CC(c3ccc(OC)cc3)(C1)C2. The summed E-state index contributed by atoms with van der Waals surface area (Å²) < 4.78 is 10.0. The molecule has 0 radical (unpaired) electrons. The van der Waals surface area contributed by atoms with Crippen LogP contribution in [0.1, 0.15) is 24.8 Å². The van der Waals surface area contributed by atoms with Crippen molar-refractivity contribution < 1.29 is 14.3 Å². The normalized spacial score (nSPS) is 33.3. The molecule has 0 aliphatic heterocycles. The van der Waals surface area contributed by atoms with E-state index in [1.807, 2.05) is 12.1 Å². The predicted molar refractivity (Wildman–Crippen MR) is 63.0 cm³/mol. The number of rotatable bonds is 3. The molecule has 3 nitrogen and oxygen atoms in total. The Morgan fingerprint density at radius 2 is 1.71 bits per heavy atom. The zero-order valence-corrected chi connectivity index (χ0v) is 10.2. The highest BCUT2D eigenvalue weighted by molar-refractivity contribution is 5.82. The van der Waals surface area contributed by atoms with Crippen LogP contribution in [0.15, 0.2) is 24.3 Å². The Hall–Kier alpha value is -1.51. The Bertz CT molecular complexity index is 441. The Balaban J connectivity index is 1.75. The second-order valence-electron chi connectivity index (χ2n) is 5.31. The lowest BCUT2D eigenvalue weighted by atomic mass is 9.33. The van der Waals surface area contributed by atoms with Crippen LogP contribution < -0.4 is 4.74 Å². The summed E-state index contributed by atoms with van der Waals surface area (Å²) in [4.78, 5) is 11.6. The molecule has 3 saturated carbocycles. The number of hydrogen-bond acceptors (Lipinski definition) is 3. The van der Waals surface area contributed by atoms with Gasteiger partial charge in [-0.3, -0.25) is 4.79 Å². The first-order valence-corrected chi connectivity index (χ1v) is 5.87. The first-order chi connectivity index (χ1) is 8.14. The molecule has 3 aliphatic rings. The van der Waals surface area contributed by atoms with Gasteiger partial charge in [-0.2, -0.15) is 0 Å². The molecule has 0 spiro atoms. The van der Waals surface area contributed by atoms with Crippen molar-refractivity contribution in [1.82, 2.24) is 0 Å². The summed E-state index contributed by atoms with van der Waals surface area (Å²) in [5, 5.41) is 0. The summed E-state index contributed by atoms with van der Waals surface area (Å²) in [5.41, 5.74) is 1.40. The van der Waals surface area contributed by atoms with E-state index >= 15 is 0 Å². The summed E-state index contributed by atoms with van der Waals surface area (Å²) in [5.74, 6) is 0.843. The lowest BCUT2D eigenvalue weighted by Crippen LogP contribution is -2.68. The average Bonchev–Trinajstić information content (AvgIpc) is 2.26. The number of hydrogen-bond donors (Lipinski definition) is 0. The van der Waals surface area contributed by atoms with E-state index in [-0.39, 0.29) is 16.8 Å². The van der Waals surface area contributed by atoms with Gasteiger partial charge in [0.1, 0.15) is 5.75 Å². The van der Waals surface area contributed by atoms with Gasteiger partial charge in [0.25, 0.3) is 0 Å². The molecular formula is C14H16O3. The van der Waals surface area contributed by atoms with Gasteiger partial charge < -0.3 is 9.47 Å². The molecule has 4 rings (SSSR count). The van der Waals surface area contributed by atoms with Crippen LogP contribution in [0.4, 0.5) is 0 Å². The summed E-state index contributed by atoms with van der Waals surface area (Å²) in [6.07, 6.45) is 2.83. The monoisotopic (exact) mass is 232 g/mol. The van der Waals surface area contributed by atoms with Gasteiger partial charge in [-0.25, -0.2) is 0 Å². The molecule has 17 heavy (non-hydrogen) atoms. The van der Waals surface area contributed by atoms with Gasteiger partial charge in [0.05, 0.1) is 19.6 Å². The standard InChI is InChI=1S/C14H16O3/c1-16-11-5-3-10(4-6-11)13-7-14(8-13,9-13)12(15)17-2/h3-6H,7-9H2,1-2H3. The third-order valence-corrected chi connectivity index (χ3v) is 4.35. The number of esters is 1. The molecule has 0 N–H and O–H groups in total. The number of methoxy groups -OCH3 is 2. The molecule has 0 aromatic heterocycles. The Labute approximate surface area is 101 Å². The summed E-state index contributed by atoms with van der Waals surface area (Å²) in [7, 11) is 3.14. The minimum Gasteiger partial charge on any atom is -0.497 e. The lowest BCUT2D eigenvalue weighted by Gasteiger charge is -2.68. The van der Waals surface area contributed by atoms with Gasteiger partial charge in [0.2, 0.25) is 0 Å². The van der Waals surface area contributed by atoms with Gasteiger partial charge in [0.15, 0.2) is 0 Å². The van der Waals surface area contributed by atoms with Gasteiger partial charge in [-0.1, -0.05) is 12.1 Å². The zero-order chi connectivity index (χ0) is 12.1. The summed E-state index contributed by atoms with van der Waals surface area (Å²) in [6.45, 7) is 0. The van der Waals surface area contributed by atoms with Crippen LogP contribution in [0.3, 0.4) is 0 Å². The molecule has 0 unspecified atom stereocenters. The molecule has 1 aromatic rings. The quantitative estimate of drug-likeness (QED) is 0.750. The van der Waals surface area contributed by atoms with Crippen LogP contribution in [0.5, 0.6) is 5.75 Å². The van der Waals surface area contributed by atoms with Crippen molar-refractivity contribution in [2.24, 2.45) is 5.41 Å². The van der Waals surface area contributed by atoms with Crippen molar-refractivity contribution in [3.05, 3.63) is 29.8 Å². The second kappa shape index (κ2) is 3.25. The molecule has 0 atom stereocenters. The molecular weight excluding hydrogens is 216 g/mol. The van der Waals surface area contributed by atoms with E-state index in [4.69, 9.17) is 9.47 Å².